The molecule has 2 aromatic rings. The fraction of sp³-hybridized carbons (Fsp3) is 0.462. The molecule has 0 aliphatic rings. The molecule has 0 aliphatic carbocycles. The third-order valence-electron chi connectivity index (χ3n) is 3.19. The van der Waals surface area contributed by atoms with Crippen LogP contribution in [0, 0.1) is 14.2 Å². The summed E-state index contributed by atoms with van der Waals surface area (Å²) in [6.45, 7) is 3.09. The number of hydrogen-bond acceptors (Lipinski definition) is 2. The predicted molar refractivity (Wildman–Crippen MR) is 87.7 cm³/mol. The van der Waals surface area contributed by atoms with Gasteiger partial charge < -0.3 is 14.5 Å². The van der Waals surface area contributed by atoms with Crippen molar-refractivity contribution < 1.29 is 4.39 Å². The molecule has 1 atom stereocenters. The van der Waals surface area contributed by atoms with Gasteiger partial charge in [0.1, 0.15) is 5.82 Å². The maximum absolute atomic E-state index is 13.7. The van der Waals surface area contributed by atoms with Crippen molar-refractivity contribution in [1.29, 1.82) is 0 Å². The van der Waals surface area contributed by atoms with Crippen LogP contribution in [0.3, 0.4) is 0 Å². The van der Waals surface area contributed by atoms with Crippen LogP contribution in [0.5, 0.6) is 0 Å². The number of imidazole rings is 1. The zero-order valence-corrected chi connectivity index (χ0v) is 14.2. The van der Waals surface area contributed by atoms with Crippen molar-refractivity contribution in [1.82, 2.24) is 14.5 Å². The Hall–Kier alpha value is -0.470. The highest BCUT2D eigenvalue weighted by Gasteiger charge is 2.13. The minimum atomic E-state index is -0.198. The smallest absolute Gasteiger partial charge is 0.178 e. The minimum Gasteiger partial charge on any atom is -0.331 e. The van der Waals surface area contributed by atoms with E-state index in [-0.39, 0.29) is 11.9 Å². The van der Waals surface area contributed by atoms with Crippen LogP contribution in [0.15, 0.2) is 12.1 Å². The summed E-state index contributed by atoms with van der Waals surface area (Å²) in [6, 6.07) is 3.61. The zero-order chi connectivity index (χ0) is 14.2. The summed E-state index contributed by atoms with van der Waals surface area (Å²) in [4.78, 5) is 5.29. The fourth-order valence-electron chi connectivity index (χ4n) is 2.13. The third kappa shape index (κ3) is 3.17. The van der Waals surface area contributed by atoms with E-state index in [4.69, 9.17) is 12.2 Å². The molecule has 0 saturated heterocycles. The highest BCUT2D eigenvalue weighted by molar-refractivity contribution is 14.1. The number of nitrogens with zero attached hydrogens (tertiary/aromatic N) is 2. The van der Waals surface area contributed by atoms with Crippen LogP contribution in [-0.2, 0) is 0 Å². The Morgan fingerprint density at radius 3 is 2.79 bits per heavy atom. The van der Waals surface area contributed by atoms with Gasteiger partial charge in [0.25, 0.3) is 0 Å². The number of aromatic nitrogens is 2. The first kappa shape index (κ1) is 14.9. The molecular weight excluding hydrogens is 376 g/mol. The quantitative estimate of drug-likeness (QED) is 0.628. The largest absolute Gasteiger partial charge is 0.331 e. The van der Waals surface area contributed by atoms with Crippen LogP contribution in [0.25, 0.3) is 11.0 Å². The maximum Gasteiger partial charge on any atom is 0.178 e. The van der Waals surface area contributed by atoms with E-state index >= 15 is 0 Å². The molecule has 1 aromatic carbocycles. The van der Waals surface area contributed by atoms with Gasteiger partial charge in [0.15, 0.2) is 4.77 Å². The lowest BCUT2D eigenvalue weighted by molar-refractivity contribution is 0.359. The van der Waals surface area contributed by atoms with Gasteiger partial charge in [0.05, 0.1) is 14.6 Å². The Kier molecular flexibility index (Phi) is 4.62. The summed E-state index contributed by atoms with van der Waals surface area (Å²) in [7, 11) is 4.09. The number of nitrogens with one attached hydrogen (secondary N) is 1. The predicted octanol–water partition coefficient (Wildman–Crippen LogP) is 3.96. The number of H-pyrrole nitrogens is 1. The molecule has 0 spiro atoms. The van der Waals surface area contributed by atoms with E-state index in [1.807, 2.05) is 41.3 Å². The molecular formula is C13H17FIN3S. The second-order valence-electron chi connectivity index (χ2n) is 5.02. The van der Waals surface area contributed by atoms with Crippen LogP contribution in [0.2, 0.25) is 0 Å². The summed E-state index contributed by atoms with van der Waals surface area (Å²) < 4.78 is 17.0. The van der Waals surface area contributed by atoms with Gasteiger partial charge in [-0.1, -0.05) is 0 Å². The Bertz CT molecular complexity index is 647. The lowest BCUT2D eigenvalue weighted by Crippen LogP contribution is -2.17. The molecule has 0 bridgehead atoms. The second kappa shape index (κ2) is 5.88. The van der Waals surface area contributed by atoms with Crippen LogP contribution < -0.4 is 0 Å². The van der Waals surface area contributed by atoms with E-state index in [0.29, 0.717) is 8.34 Å². The standard InChI is InChI=1S/C13H17FIN3S/c1-8(4-5-17(2)3)18-12-6-9(14)10(15)7-11(12)16-13(18)19/h6-8H,4-5H2,1-3H3,(H,16,19). The second-order valence-corrected chi connectivity index (χ2v) is 6.57. The van der Waals surface area contributed by atoms with E-state index in [1.165, 1.54) is 0 Å². The molecule has 3 nitrogen and oxygen atoms in total. The number of benzene rings is 1. The van der Waals surface area contributed by atoms with E-state index in [9.17, 15) is 4.39 Å². The van der Waals surface area contributed by atoms with Crippen molar-refractivity contribution in [2.45, 2.75) is 19.4 Å². The normalized spacial score (nSPS) is 13.4. The van der Waals surface area contributed by atoms with Crippen LogP contribution in [0.4, 0.5) is 4.39 Å². The van der Waals surface area contributed by atoms with Crippen molar-refractivity contribution in [3.8, 4) is 0 Å². The van der Waals surface area contributed by atoms with Gasteiger partial charge in [-0.25, -0.2) is 4.39 Å². The molecule has 1 aromatic heterocycles. The highest BCUT2D eigenvalue weighted by atomic mass is 127. The lowest BCUT2D eigenvalue weighted by atomic mass is 10.2. The van der Waals surface area contributed by atoms with Gasteiger partial charge in [-0.15, -0.1) is 0 Å². The van der Waals surface area contributed by atoms with Crippen LogP contribution in [-0.4, -0.2) is 35.1 Å². The Balaban J connectivity index is 2.45. The minimum absolute atomic E-state index is 0.198. The first-order chi connectivity index (χ1) is 8.90. The first-order valence-electron chi connectivity index (χ1n) is 6.14. The SMILES string of the molecule is CC(CCN(C)C)n1c(=S)[nH]c2cc(I)c(F)cc21. The van der Waals surface area contributed by atoms with Crippen molar-refractivity contribution in [3.05, 3.63) is 26.3 Å². The summed E-state index contributed by atoms with van der Waals surface area (Å²) in [6.07, 6.45) is 0.974. The van der Waals surface area contributed by atoms with Crippen LogP contribution >= 0.6 is 34.8 Å². The van der Waals surface area contributed by atoms with Gasteiger partial charge in [-0.3, -0.25) is 0 Å². The van der Waals surface area contributed by atoms with Crippen molar-refractivity contribution in [2.75, 3.05) is 20.6 Å². The van der Waals surface area contributed by atoms with Gasteiger partial charge in [0, 0.05) is 12.1 Å². The average Bonchev–Trinajstić information content (AvgIpc) is 2.62. The molecule has 0 radical (unpaired) electrons. The van der Waals surface area contributed by atoms with E-state index in [1.54, 1.807) is 12.1 Å². The fourth-order valence-corrected chi connectivity index (χ4v) is 2.99. The van der Waals surface area contributed by atoms with E-state index in [0.717, 1.165) is 24.0 Å². The summed E-state index contributed by atoms with van der Waals surface area (Å²) in [5.41, 5.74) is 1.74. The molecule has 1 N–H and O–H groups in total. The van der Waals surface area contributed by atoms with Crippen LogP contribution in [0.1, 0.15) is 19.4 Å². The average molecular weight is 393 g/mol. The number of fused-ring (bicyclic) bond motifs is 1. The Morgan fingerprint density at radius 1 is 1.47 bits per heavy atom. The molecule has 0 aliphatic heterocycles. The molecule has 104 valence electrons. The number of halogens is 2. The number of aromatic amines is 1. The van der Waals surface area contributed by atoms with Crippen molar-refractivity contribution >= 4 is 45.8 Å². The summed E-state index contributed by atoms with van der Waals surface area (Å²) in [5, 5.41) is 0. The summed E-state index contributed by atoms with van der Waals surface area (Å²) in [5.74, 6) is -0.198. The number of rotatable bonds is 4. The summed E-state index contributed by atoms with van der Waals surface area (Å²) >= 11 is 7.36. The van der Waals surface area contributed by atoms with Gasteiger partial charge in [0.2, 0.25) is 0 Å². The topological polar surface area (TPSA) is 24.0 Å². The molecule has 19 heavy (non-hydrogen) atoms. The van der Waals surface area contributed by atoms with Crippen molar-refractivity contribution in [3.63, 3.8) is 0 Å². The van der Waals surface area contributed by atoms with E-state index in [2.05, 4.69) is 16.8 Å². The maximum atomic E-state index is 13.7. The first-order valence-corrected chi connectivity index (χ1v) is 7.63. The molecule has 1 heterocycles. The Labute approximate surface area is 130 Å². The Morgan fingerprint density at radius 2 is 2.16 bits per heavy atom. The molecule has 0 fully saturated rings. The molecule has 0 amide bonds. The molecule has 2 rings (SSSR count). The third-order valence-corrected chi connectivity index (χ3v) is 4.32. The van der Waals surface area contributed by atoms with Gasteiger partial charge >= 0.3 is 0 Å². The van der Waals surface area contributed by atoms with Gasteiger partial charge in [-0.2, -0.15) is 0 Å². The zero-order valence-electron chi connectivity index (χ0n) is 11.2. The van der Waals surface area contributed by atoms with Crippen molar-refractivity contribution in [2.24, 2.45) is 0 Å². The molecule has 6 heteroatoms. The highest BCUT2D eigenvalue weighted by Crippen LogP contribution is 2.24. The molecule has 0 saturated carbocycles. The monoisotopic (exact) mass is 393 g/mol. The lowest BCUT2D eigenvalue weighted by Gasteiger charge is -2.17. The van der Waals surface area contributed by atoms with E-state index < -0.39 is 0 Å². The molecule has 1 unspecified atom stereocenters. The number of hydrogen-bond donors (Lipinski definition) is 1. The van der Waals surface area contributed by atoms with Gasteiger partial charge in [-0.05, 0) is 74.9 Å².